The van der Waals surface area contributed by atoms with E-state index in [-0.39, 0.29) is 32.0 Å². The lowest BCUT2D eigenvalue weighted by Crippen LogP contribution is -2.37. The molecule has 0 fully saturated rings. The molecule has 0 aromatic carbocycles. The lowest BCUT2D eigenvalue weighted by Gasteiger charge is -2.28. The van der Waals surface area contributed by atoms with Gasteiger partial charge in [-0.25, -0.2) is 0 Å². The summed E-state index contributed by atoms with van der Waals surface area (Å²) in [5.74, 6) is -0.845. The molecule has 10 heteroatoms. The molecule has 0 spiro atoms. The predicted molar refractivity (Wildman–Crippen MR) is 218 cm³/mol. The maximum Gasteiger partial charge on any atom is 0.306 e. The molecule has 0 amide bonds. The SMILES string of the molecule is CCCC/C=C\C/C=C\CCCCCCCC(=O)OC(COC(=O)CCCCCCCCCCCCCCCCC)COP(=O)([O-])OCC[N+](C)(C)C. The molecule has 0 bridgehead atoms. The Balaban J connectivity index is 4.37. The van der Waals surface area contributed by atoms with Gasteiger partial charge in [-0.05, 0) is 38.5 Å². The average Bonchev–Trinajstić information content (AvgIpc) is 3.10. The number of allylic oxidation sites excluding steroid dienone is 4. The average molecular weight is 772 g/mol. The molecule has 0 rings (SSSR count). The van der Waals surface area contributed by atoms with E-state index in [1.165, 1.54) is 89.9 Å². The zero-order valence-electron chi connectivity index (χ0n) is 35.0. The van der Waals surface area contributed by atoms with Crippen LogP contribution in [0.15, 0.2) is 24.3 Å². The first-order chi connectivity index (χ1) is 25.5. The number of hydrogen-bond donors (Lipinski definition) is 0. The quantitative estimate of drug-likeness (QED) is 0.0200. The van der Waals surface area contributed by atoms with Gasteiger partial charge in [-0.3, -0.25) is 14.2 Å². The van der Waals surface area contributed by atoms with Crippen LogP contribution in [0.1, 0.15) is 187 Å². The number of phosphoric acid groups is 1. The molecular formula is C43H82NO8P. The van der Waals surface area contributed by atoms with Crippen LogP contribution in [0.4, 0.5) is 0 Å². The molecule has 9 nitrogen and oxygen atoms in total. The van der Waals surface area contributed by atoms with Gasteiger partial charge < -0.3 is 27.9 Å². The van der Waals surface area contributed by atoms with Gasteiger partial charge in [0.05, 0.1) is 27.7 Å². The molecule has 312 valence electrons. The number of ether oxygens (including phenoxy) is 2. The summed E-state index contributed by atoms with van der Waals surface area (Å²) in [5.41, 5.74) is 0. The van der Waals surface area contributed by atoms with Gasteiger partial charge >= 0.3 is 11.9 Å². The number of hydrogen-bond acceptors (Lipinski definition) is 8. The first-order valence-electron chi connectivity index (χ1n) is 21.5. The number of carbonyl (C=O) groups excluding carboxylic acids is 2. The van der Waals surface area contributed by atoms with E-state index in [9.17, 15) is 19.0 Å². The van der Waals surface area contributed by atoms with Gasteiger partial charge in [0.25, 0.3) is 7.82 Å². The molecule has 0 aliphatic rings. The van der Waals surface area contributed by atoms with Crippen molar-refractivity contribution >= 4 is 19.8 Å². The summed E-state index contributed by atoms with van der Waals surface area (Å²) >= 11 is 0. The van der Waals surface area contributed by atoms with Gasteiger partial charge in [0.15, 0.2) is 6.10 Å². The molecule has 53 heavy (non-hydrogen) atoms. The normalized spacial score (nSPS) is 13.8. The predicted octanol–water partition coefficient (Wildman–Crippen LogP) is 11.3. The summed E-state index contributed by atoms with van der Waals surface area (Å²) in [5, 5.41) is 0. The second kappa shape index (κ2) is 36.1. The van der Waals surface area contributed by atoms with Crippen LogP contribution >= 0.6 is 7.82 Å². The molecule has 0 radical (unpaired) electrons. The third-order valence-electron chi connectivity index (χ3n) is 9.22. The van der Waals surface area contributed by atoms with E-state index in [4.69, 9.17) is 18.5 Å². The number of quaternary nitrogens is 1. The summed E-state index contributed by atoms with van der Waals surface area (Å²) < 4.78 is 33.8. The van der Waals surface area contributed by atoms with E-state index in [0.717, 1.165) is 64.2 Å². The highest BCUT2D eigenvalue weighted by Crippen LogP contribution is 2.38. The summed E-state index contributed by atoms with van der Waals surface area (Å²) in [6.07, 6.45) is 37.7. The summed E-state index contributed by atoms with van der Waals surface area (Å²) in [4.78, 5) is 37.5. The molecule has 0 aliphatic heterocycles. The monoisotopic (exact) mass is 772 g/mol. The number of unbranched alkanes of at least 4 members (excludes halogenated alkanes) is 21. The first-order valence-corrected chi connectivity index (χ1v) is 23.0. The molecule has 0 N–H and O–H groups in total. The van der Waals surface area contributed by atoms with Gasteiger partial charge in [-0.15, -0.1) is 0 Å². The topological polar surface area (TPSA) is 111 Å². The maximum atomic E-state index is 12.6. The number of carbonyl (C=O) groups is 2. The third kappa shape index (κ3) is 40.0. The van der Waals surface area contributed by atoms with Crippen molar-refractivity contribution in [3.63, 3.8) is 0 Å². The van der Waals surface area contributed by atoms with E-state index in [2.05, 4.69) is 38.2 Å². The van der Waals surface area contributed by atoms with Crippen LogP contribution in [0.25, 0.3) is 0 Å². The van der Waals surface area contributed by atoms with Crippen molar-refractivity contribution in [3.8, 4) is 0 Å². The minimum Gasteiger partial charge on any atom is -0.756 e. The lowest BCUT2D eigenvalue weighted by atomic mass is 10.0. The summed E-state index contributed by atoms with van der Waals surface area (Å²) in [6, 6.07) is 0. The molecule has 0 saturated carbocycles. The molecule has 0 aromatic heterocycles. The Morgan fingerprint density at radius 2 is 1.04 bits per heavy atom. The van der Waals surface area contributed by atoms with Crippen LogP contribution < -0.4 is 4.89 Å². The van der Waals surface area contributed by atoms with Gasteiger partial charge in [-0.1, -0.05) is 160 Å². The molecule has 0 heterocycles. The Morgan fingerprint density at radius 3 is 1.55 bits per heavy atom. The Morgan fingerprint density at radius 1 is 0.585 bits per heavy atom. The molecule has 2 unspecified atom stereocenters. The maximum absolute atomic E-state index is 12.6. The van der Waals surface area contributed by atoms with Gasteiger partial charge in [-0.2, -0.15) is 0 Å². The largest absolute Gasteiger partial charge is 0.756 e. The van der Waals surface area contributed by atoms with Crippen LogP contribution in [0, 0.1) is 0 Å². The van der Waals surface area contributed by atoms with Crippen LogP contribution in [0.5, 0.6) is 0 Å². The smallest absolute Gasteiger partial charge is 0.306 e. The van der Waals surface area contributed by atoms with Crippen molar-refractivity contribution in [1.29, 1.82) is 0 Å². The summed E-state index contributed by atoms with van der Waals surface area (Å²) in [7, 11) is 1.16. The van der Waals surface area contributed by atoms with Gasteiger partial charge in [0.1, 0.15) is 19.8 Å². The van der Waals surface area contributed by atoms with Crippen molar-refractivity contribution in [2.24, 2.45) is 0 Å². The Kier molecular flexibility index (Phi) is 35.1. The Bertz CT molecular complexity index is 964. The Labute approximate surface area is 326 Å². The van der Waals surface area contributed by atoms with E-state index in [0.29, 0.717) is 17.4 Å². The van der Waals surface area contributed by atoms with E-state index < -0.39 is 26.5 Å². The van der Waals surface area contributed by atoms with Crippen LogP contribution in [-0.4, -0.2) is 70.0 Å². The van der Waals surface area contributed by atoms with Crippen LogP contribution in [-0.2, 0) is 32.7 Å². The minimum atomic E-state index is -4.62. The summed E-state index contributed by atoms with van der Waals surface area (Å²) in [6.45, 7) is 4.18. The zero-order valence-corrected chi connectivity index (χ0v) is 35.9. The minimum absolute atomic E-state index is 0.0320. The fourth-order valence-electron chi connectivity index (χ4n) is 5.79. The van der Waals surface area contributed by atoms with Crippen molar-refractivity contribution in [3.05, 3.63) is 24.3 Å². The fourth-order valence-corrected chi connectivity index (χ4v) is 6.52. The van der Waals surface area contributed by atoms with Crippen molar-refractivity contribution in [2.75, 3.05) is 47.5 Å². The number of phosphoric ester groups is 1. The number of likely N-dealkylation sites (N-methyl/N-ethyl adjacent to an activating group) is 1. The Hall–Kier alpha value is -1.51. The second-order valence-electron chi connectivity index (χ2n) is 15.7. The molecule has 0 aromatic rings. The second-order valence-corrected chi connectivity index (χ2v) is 17.1. The van der Waals surface area contributed by atoms with Gasteiger partial charge in [0, 0.05) is 12.8 Å². The standard InChI is InChI=1S/C43H82NO8P/c1-6-8-10-12-14-16-18-20-22-24-25-27-29-31-33-35-42(45)49-39-41(40-51-53(47,48)50-38-37-44(3,4)5)52-43(46)36-34-32-30-28-26-23-21-19-17-15-13-11-9-7-2/h13,15,19,21,41H,6-12,14,16-18,20,22-40H2,1-5H3/b15-13-,21-19-. The van der Waals surface area contributed by atoms with Crippen LogP contribution in [0.2, 0.25) is 0 Å². The molecule has 0 saturated heterocycles. The van der Waals surface area contributed by atoms with E-state index >= 15 is 0 Å². The lowest BCUT2D eigenvalue weighted by molar-refractivity contribution is -0.870. The van der Waals surface area contributed by atoms with Crippen LogP contribution in [0.3, 0.4) is 0 Å². The molecule has 0 aliphatic carbocycles. The number of esters is 2. The fraction of sp³-hybridized carbons (Fsp3) is 0.860. The number of rotatable bonds is 39. The first kappa shape index (κ1) is 51.5. The highest BCUT2D eigenvalue weighted by atomic mass is 31.2. The van der Waals surface area contributed by atoms with Gasteiger partial charge in [0.2, 0.25) is 0 Å². The molecular weight excluding hydrogens is 689 g/mol. The molecule has 2 atom stereocenters. The van der Waals surface area contributed by atoms with Crippen molar-refractivity contribution in [1.82, 2.24) is 0 Å². The van der Waals surface area contributed by atoms with Crippen molar-refractivity contribution < 1.29 is 42.1 Å². The number of nitrogens with zero attached hydrogens (tertiary/aromatic N) is 1. The highest BCUT2D eigenvalue weighted by Gasteiger charge is 2.21. The zero-order chi connectivity index (χ0) is 39.3. The van der Waals surface area contributed by atoms with Crippen molar-refractivity contribution in [2.45, 2.75) is 193 Å². The van der Waals surface area contributed by atoms with E-state index in [1.807, 2.05) is 21.1 Å². The highest BCUT2D eigenvalue weighted by molar-refractivity contribution is 7.45. The van der Waals surface area contributed by atoms with E-state index in [1.54, 1.807) is 0 Å². The third-order valence-corrected chi connectivity index (χ3v) is 10.2.